The van der Waals surface area contributed by atoms with E-state index in [0.717, 1.165) is 44.8 Å². The zero-order chi connectivity index (χ0) is 11.6. The molecule has 0 saturated carbocycles. The van der Waals surface area contributed by atoms with Gasteiger partial charge in [0.15, 0.2) is 0 Å². The molecule has 16 heavy (non-hydrogen) atoms. The molecule has 1 aliphatic rings. The van der Waals surface area contributed by atoms with Crippen LogP contribution in [0.5, 0.6) is 0 Å². The van der Waals surface area contributed by atoms with E-state index in [-0.39, 0.29) is 0 Å². The van der Waals surface area contributed by atoms with Gasteiger partial charge in [0.05, 0.1) is 0 Å². The van der Waals surface area contributed by atoms with Crippen LogP contribution >= 0.6 is 0 Å². The highest BCUT2D eigenvalue weighted by Gasteiger charge is 2.03. The summed E-state index contributed by atoms with van der Waals surface area (Å²) in [6.45, 7) is 6.30. The number of hydrogen-bond acceptors (Lipinski definition) is 4. The second-order valence-electron chi connectivity index (χ2n) is 3.99. The number of rotatable bonds is 3. The molecule has 0 aliphatic carbocycles. The number of piperazine rings is 1. The number of aromatic amines is 1. The van der Waals surface area contributed by atoms with Gasteiger partial charge in [0.2, 0.25) is 0 Å². The third-order valence-electron chi connectivity index (χ3n) is 2.42. The standard InChI is InChI=1S/C6H11N3.C5H12N2/c7-3-1-2-6-8-4-5-9-6;1-5-4-6-2-3-7-5/h4-5H,1-3,7H2,(H,8,9);5-7H,2-4H2,1H3. The Kier molecular flexibility index (Phi) is 6.80. The Morgan fingerprint density at radius 3 is 2.81 bits per heavy atom. The number of nitrogens with one attached hydrogen (secondary N) is 3. The first kappa shape index (κ1) is 13.2. The molecule has 5 N–H and O–H groups in total. The van der Waals surface area contributed by atoms with E-state index >= 15 is 0 Å². The topological polar surface area (TPSA) is 78.8 Å². The predicted molar refractivity (Wildman–Crippen MR) is 66.3 cm³/mol. The lowest BCUT2D eigenvalue weighted by atomic mass is 10.3. The SMILES string of the molecule is CC1CNCCN1.NCCCc1ncc[nH]1. The normalized spacial score (nSPS) is 20.0. The monoisotopic (exact) mass is 225 g/mol. The van der Waals surface area contributed by atoms with Crippen LogP contribution in [-0.2, 0) is 6.42 Å². The van der Waals surface area contributed by atoms with Crippen molar-refractivity contribution in [3.05, 3.63) is 18.2 Å². The van der Waals surface area contributed by atoms with Gasteiger partial charge < -0.3 is 21.4 Å². The van der Waals surface area contributed by atoms with Crippen LogP contribution in [0.4, 0.5) is 0 Å². The fourth-order valence-electron chi connectivity index (χ4n) is 1.50. The van der Waals surface area contributed by atoms with Crippen LogP contribution in [0.2, 0.25) is 0 Å². The average molecular weight is 225 g/mol. The van der Waals surface area contributed by atoms with Gasteiger partial charge in [-0.3, -0.25) is 0 Å². The van der Waals surface area contributed by atoms with Gasteiger partial charge in [-0.2, -0.15) is 0 Å². The smallest absolute Gasteiger partial charge is 0.106 e. The molecular weight excluding hydrogens is 202 g/mol. The van der Waals surface area contributed by atoms with E-state index < -0.39 is 0 Å². The molecule has 1 aromatic rings. The summed E-state index contributed by atoms with van der Waals surface area (Å²) < 4.78 is 0. The van der Waals surface area contributed by atoms with E-state index in [9.17, 15) is 0 Å². The molecule has 5 heteroatoms. The summed E-state index contributed by atoms with van der Waals surface area (Å²) in [7, 11) is 0. The van der Waals surface area contributed by atoms with Crippen molar-refractivity contribution in [2.24, 2.45) is 5.73 Å². The molecule has 2 heterocycles. The fraction of sp³-hybridized carbons (Fsp3) is 0.727. The lowest BCUT2D eigenvalue weighted by molar-refractivity contribution is 0.442. The quantitative estimate of drug-likeness (QED) is 0.578. The zero-order valence-corrected chi connectivity index (χ0v) is 10.00. The van der Waals surface area contributed by atoms with Crippen molar-refractivity contribution in [1.29, 1.82) is 0 Å². The van der Waals surface area contributed by atoms with Gasteiger partial charge in [-0.15, -0.1) is 0 Å². The Morgan fingerprint density at radius 1 is 1.50 bits per heavy atom. The molecule has 0 aromatic carbocycles. The summed E-state index contributed by atoms with van der Waals surface area (Å²) in [5, 5.41) is 6.59. The van der Waals surface area contributed by atoms with Crippen LogP contribution in [-0.4, -0.2) is 42.2 Å². The Balaban J connectivity index is 0.000000165. The van der Waals surface area contributed by atoms with E-state index in [1.807, 2.05) is 6.20 Å². The van der Waals surface area contributed by atoms with Crippen LogP contribution < -0.4 is 16.4 Å². The highest BCUT2D eigenvalue weighted by atomic mass is 15.0. The lowest BCUT2D eigenvalue weighted by Crippen LogP contribution is -2.46. The Hall–Kier alpha value is -0.910. The van der Waals surface area contributed by atoms with Crippen molar-refractivity contribution < 1.29 is 0 Å². The van der Waals surface area contributed by atoms with Gasteiger partial charge in [0.25, 0.3) is 0 Å². The molecule has 0 spiro atoms. The molecule has 1 aliphatic heterocycles. The molecule has 1 atom stereocenters. The molecule has 1 unspecified atom stereocenters. The summed E-state index contributed by atoms with van der Waals surface area (Å²) in [5.74, 6) is 1.03. The minimum absolute atomic E-state index is 0.675. The predicted octanol–water partition coefficient (Wildman–Crippen LogP) is -0.131. The van der Waals surface area contributed by atoms with Crippen molar-refractivity contribution in [1.82, 2.24) is 20.6 Å². The highest BCUT2D eigenvalue weighted by Crippen LogP contribution is 1.91. The second kappa shape index (κ2) is 8.27. The largest absolute Gasteiger partial charge is 0.349 e. The van der Waals surface area contributed by atoms with Gasteiger partial charge >= 0.3 is 0 Å². The molecule has 1 saturated heterocycles. The number of nitrogens with zero attached hydrogens (tertiary/aromatic N) is 1. The lowest BCUT2D eigenvalue weighted by Gasteiger charge is -2.19. The summed E-state index contributed by atoms with van der Waals surface area (Å²) in [6.07, 6.45) is 5.55. The van der Waals surface area contributed by atoms with E-state index in [2.05, 4.69) is 27.5 Å². The zero-order valence-electron chi connectivity index (χ0n) is 10.00. The number of nitrogens with two attached hydrogens (primary N) is 1. The first-order valence-electron chi connectivity index (χ1n) is 5.95. The number of aryl methyl sites for hydroxylation is 1. The summed E-state index contributed by atoms with van der Waals surface area (Å²) in [6, 6.07) is 0.675. The number of hydrogen-bond donors (Lipinski definition) is 4. The molecule has 0 amide bonds. The van der Waals surface area contributed by atoms with E-state index in [1.54, 1.807) is 6.20 Å². The van der Waals surface area contributed by atoms with Gasteiger partial charge in [-0.25, -0.2) is 4.98 Å². The Bertz CT molecular complexity index is 241. The maximum atomic E-state index is 5.30. The summed E-state index contributed by atoms with van der Waals surface area (Å²) in [5.41, 5.74) is 5.30. The Morgan fingerprint density at radius 2 is 2.38 bits per heavy atom. The minimum Gasteiger partial charge on any atom is -0.349 e. The number of H-pyrrole nitrogens is 1. The van der Waals surface area contributed by atoms with Crippen LogP contribution in [0.3, 0.4) is 0 Å². The second-order valence-corrected chi connectivity index (χ2v) is 3.99. The molecule has 0 bridgehead atoms. The number of aromatic nitrogens is 2. The van der Waals surface area contributed by atoms with Crippen molar-refractivity contribution in [2.75, 3.05) is 26.2 Å². The minimum atomic E-state index is 0.675. The molecule has 0 radical (unpaired) electrons. The van der Waals surface area contributed by atoms with Gasteiger partial charge in [0, 0.05) is 44.5 Å². The maximum Gasteiger partial charge on any atom is 0.106 e. The van der Waals surface area contributed by atoms with Gasteiger partial charge in [-0.1, -0.05) is 0 Å². The fourth-order valence-corrected chi connectivity index (χ4v) is 1.50. The van der Waals surface area contributed by atoms with E-state index in [1.165, 1.54) is 0 Å². The van der Waals surface area contributed by atoms with Crippen molar-refractivity contribution in [2.45, 2.75) is 25.8 Å². The molecule has 2 rings (SSSR count). The summed E-state index contributed by atoms with van der Waals surface area (Å²) in [4.78, 5) is 7.05. The van der Waals surface area contributed by atoms with Crippen LogP contribution in [0.15, 0.2) is 12.4 Å². The van der Waals surface area contributed by atoms with Gasteiger partial charge in [0.1, 0.15) is 5.82 Å². The summed E-state index contributed by atoms with van der Waals surface area (Å²) >= 11 is 0. The van der Waals surface area contributed by atoms with Crippen molar-refractivity contribution in [3.63, 3.8) is 0 Å². The first-order chi connectivity index (χ1) is 7.83. The number of imidazole rings is 1. The van der Waals surface area contributed by atoms with Crippen LogP contribution in [0.1, 0.15) is 19.2 Å². The molecular formula is C11H23N5. The van der Waals surface area contributed by atoms with Crippen LogP contribution in [0.25, 0.3) is 0 Å². The van der Waals surface area contributed by atoms with E-state index in [0.29, 0.717) is 6.04 Å². The third-order valence-corrected chi connectivity index (χ3v) is 2.42. The van der Waals surface area contributed by atoms with Crippen molar-refractivity contribution in [3.8, 4) is 0 Å². The highest BCUT2D eigenvalue weighted by molar-refractivity contribution is 4.86. The Labute approximate surface area is 97.2 Å². The van der Waals surface area contributed by atoms with Gasteiger partial charge in [-0.05, 0) is 19.9 Å². The van der Waals surface area contributed by atoms with E-state index in [4.69, 9.17) is 5.73 Å². The first-order valence-corrected chi connectivity index (χ1v) is 5.95. The molecule has 92 valence electrons. The van der Waals surface area contributed by atoms with Crippen molar-refractivity contribution >= 4 is 0 Å². The average Bonchev–Trinajstić information content (AvgIpc) is 2.81. The van der Waals surface area contributed by atoms with Crippen LogP contribution in [0, 0.1) is 0 Å². The molecule has 5 nitrogen and oxygen atoms in total. The molecule has 1 fully saturated rings. The maximum absolute atomic E-state index is 5.30. The third kappa shape index (κ3) is 5.85. The molecule has 1 aromatic heterocycles.